The van der Waals surface area contributed by atoms with Crippen molar-refractivity contribution in [2.24, 2.45) is 0 Å². The topological polar surface area (TPSA) is 55.4 Å². The fourth-order valence-corrected chi connectivity index (χ4v) is 2.52. The van der Waals surface area contributed by atoms with Gasteiger partial charge < -0.3 is 10.1 Å². The van der Waals surface area contributed by atoms with Gasteiger partial charge in [0.15, 0.2) is 0 Å². The molecular formula is C19H37NO3. The predicted octanol–water partition coefficient (Wildman–Crippen LogP) is 4.76. The first kappa shape index (κ1) is 21.9. The second-order valence-corrected chi connectivity index (χ2v) is 6.48. The zero-order valence-electron chi connectivity index (χ0n) is 15.5. The molecule has 0 aliphatic heterocycles. The zero-order chi connectivity index (χ0) is 17.3. The maximum Gasteiger partial charge on any atom is 0.396 e. The van der Waals surface area contributed by atoms with Gasteiger partial charge >= 0.3 is 11.9 Å². The van der Waals surface area contributed by atoms with Crippen LogP contribution < -0.4 is 5.32 Å². The molecule has 4 heteroatoms. The van der Waals surface area contributed by atoms with Gasteiger partial charge in [0.1, 0.15) is 0 Å². The number of esters is 1. The monoisotopic (exact) mass is 327 g/mol. The first-order valence-corrected chi connectivity index (χ1v) is 9.59. The molecule has 0 saturated carbocycles. The molecule has 0 aromatic rings. The van der Waals surface area contributed by atoms with Crippen molar-refractivity contribution < 1.29 is 14.3 Å². The molecule has 23 heavy (non-hydrogen) atoms. The molecule has 136 valence electrons. The Morgan fingerprint density at radius 2 is 1.35 bits per heavy atom. The largest absolute Gasteiger partial charge is 0.459 e. The summed E-state index contributed by atoms with van der Waals surface area (Å²) in [4.78, 5) is 23.3. The van der Waals surface area contributed by atoms with Gasteiger partial charge in [-0.1, -0.05) is 78.1 Å². The van der Waals surface area contributed by atoms with Gasteiger partial charge in [-0.15, -0.1) is 0 Å². The Morgan fingerprint density at radius 1 is 0.826 bits per heavy atom. The SMILES string of the molecule is CCCCCCCCCOC(=O)C(=O)NC(C)CCCCCC. The van der Waals surface area contributed by atoms with Crippen molar-refractivity contribution in [2.45, 2.75) is 104 Å². The summed E-state index contributed by atoms with van der Waals surface area (Å²) in [5.74, 6) is -1.34. The summed E-state index contributed by atoms with van der Waals surface area (Å²) in [6, 6.07) is 0.0328. The molecule has 4 nitrogen and oxygen atoms in total. The van der Waals surface area contributed by atoms with Crippen molar-refractivity contribution in [3.63, 3.8) is 0 Å². The number of hydrogen-bond acceptors (Lipinski definition) is 3. The molecule has 0 rings (SSSR count). The van der Waals surface area contributed by atoms with Gasteiger partial charge in [0, 0.05) is 6.04 Å². The van der Waals surface area contributed by atoms with Crippen LogP contribution in [0.15, 0.2) is 0 Å². The standard InChI is InChI=1S/C19H37NO3/c1-4-6-8-10-11-12-14-16-23-19(22)18(21)20-17(3)15-13-9-7-5-2/h17H,4-16H2,1-3H3,(H,20,21). The van der Waals surface area contributed by atoms with E-state index in [0.717, 1.165) is 25.7 Å². The fourth-order valence-electron chi connectivity index (χ4n) is 2.52. The summed E-state index contributed by atoms with van der Waals surface area (Å²) in [6.07, 6.45) is 13.8. The molecule has 0 bridgehead atoms. The molecule has 1 N–H and O–H groups in total. The maximum absolute atomic E-state index is 11.7. The van der Waals surface area contributed by atoms with E-state index in [1.54, 1.807) is 0 Å². The summed E-state index contributed by atoms with van der Waals surface area (Å²) >= 11 is 0. The number of carbonyl (C=O) groups is 2. The van der Waals surface area contributed by atoms with E-state index in [2.05, 4.69) is 19.2 Å². The highest BCUT2D eigenvalue weighted by atomic mass is 16.5. The maximum atomic E-state index is 11.7. The Bertz CT molecular complexity index is 305. The van der Waals surface area contributed by atoms with Crippen LogP contribution in [0.2, 0.25) is 0 Å². The number of carbonyl (C=O) groups excluding carboxylic acids is 2. The summed E-state index contributed by atoms with van der Waals surface area (Å²) in [6.45, 7) is 6.67. The van der Waals surface area contributed by atoms with Crippen molar-refractivity contribution in [1.29, 1.82) is 0 Å². The summed E-state index contributed by atoms with van der Waals surface area (Å²) < 4.78 is 5.02. The average molecular weight is 328 g/mol. The van der Waals surface area contributed by atoms with E-state index >= 15 is 0 Å². The van der Waals surface area contributed by atoms with Crippen LogP contribution in [-0.4, -0.2) is 24.5 Å². The summed E-state index contributed by atoms with van der Waals surface area (Å²) in [5.41, 5.74) is 0. The molecule has 0 aromatic heterocycles. The normalized spacial score (nSPS) is 12.0. The lowest BCUT2D eigenvalue weighted by molar-refractivity contribution is -0.155. The van der Waals surface area contributed by atoms with E-state index in [1.807, 2.05) is 6.92 Å². The quantitative estimate of drug-likeness (QED) is 0.284. The minimum absolute atomic E-state index is 0.0328. The van der Waals surface area contributed by atoms with Crippen LogP contribution in [0.1, 0.15) is 97.8 Å². The highest BCUT2D eigenvalue weighted by Crippen LogP contribution is 2.07. The van der Waals surface area contributed by atoms with E-state index < -0.39 is 11.9 Å². The smallest absolute Gasteiger partial charge is 0.396 e. The van der Waals surface area contributed by atoms with Crippen LogP contribution in [-0.2, 0) is 14.3 Å². The Kier molecular flexibility index (Phi) is 15.1. The first-order valence-electron chi connectivity index (χ1n) is 9.59. The molecule has 1 amide bonds. The molecule has 0 aromatic carbocycles. The third-order valence-electron chi connectivity index (χ3n) is 4.03. The fraction of sp³-hybridized carbons (Fsp3) is 0.895. The second kappa shape index (κ2) is 15.8. The van der Waals surface area contributed by atoms with Crippen LogP contribution in [0.4, 0.5) is 0 Å². The van der Waals surface area contributed by atoms with Crippen LogP contribution in [0.25, 0.3) is 0 Å². The van der Waals surface area contributed by atoms with Gasteiger partial charge in [0.2, 0.25) is 0 Å². The molecule has 0 saturated heterocycles. The summed E-state index contributed by atoms with van der Waals surface area (Å²) in [5, 5.41) is 2.72. The molecule has 1 unspecified atom stereocenters. The van der Waals surface area contributed by atoms with Crippen molar-refractivity contribution in [3.05, 3.63) is 0 Å². The third kappa shape index (κ3) is 14.3. The third-order valence-corrected chi connectivity index (χ3v) is 4.03. The lowest BCUT2D eigenvalue weighted by Gasteiger charge is -2.13. The number of unbranched alkanes of at least 4 members (excludes halogenated alkanes) is 9. The van der Waals surface area contributed by atoms with Crippen LogP contribution in [0.3, 0.4) is 0 Å². The van der Waals surface area contributed by atoms with Gasteiger partial charge in [0.25, 0.3) is 0 Å². The molecule has 0 spiro atoms. The van der Waals surface area contributed by atoms with Crippen molar-refractivity contribution in [1.82, 2.24) is 5.32 Å². The Morgan fingerprint density at radius 3 is 1.96 bits per heavy atom. The van der Waals surface area contributed by atoms with E-state index in [-0.39, 0.29) is 6.04 Å². The number of amides is 1. The molecule has 0 aliphatic carbocycles. The average Bonchev–Trinajstić information content (AvgIpc) is 2.53. The molecule has 0 radical (unpaired) electrons. The Labute approximate surface area is 142 Å². The van der Waals surface area contributed by atoms with E-state index in [9.17, 15) is 9.59 Å². The van der Waals surface area contributed by atoms with Gasteiger partial charge in [-0.05, 0) is 19.8 Å². The van der Waals surface area contributed by atoms with Crippen molar-refractivity contribution >= 4 is 11.9 Å². The molecule has 0 fully saturated rings. The zero-order valence-corrected chi connectivity index (χ0v) is 15.5. The predicted molar refractivity (Wildman–Crippen MR) is 95.3 cm³/mol. The number of ether oxygens (including phenoxy) is 1. The highest BCUT2D eigenvalue weighted by molar-refractivity contribution is 6.32. The number of rotatable bonds is 14. The first-order chi connectivity index (χ1) is 11.1. The minimum Gasteiger partial charge on any atom is -0.459 e. The van der Waals surface area contributed by atoms with Gasteiger partial charge in [-0.3, -0.25) is 4.79 Å². The molecular weight excluding hydrogens is 290 g/mol. The van der Waals surface area contributed by atoms with Crippen LogP contribution in [0.5, 0.6) is 0 Å². The molecule has 0 heterocycles. The lowest BCUT2D eigenvalue weighted by atomic mass is 10.1. The van der Waals surface area contributed by atoms with Crippen LogP contribution in [0, 0.1) is 0 Å². The van der Waals surface area contributed by atoms with E-state index in [4.69, 9.17) is 4.74 Å². The summed E-state index contributed by atoms with van der Waals surface area (Å²) in [7, 11) is 0. The van der Waals surface area contributed by atoms with Gasteiger partial charge in [0.05, 0.1) is 6.61 Å². The lowest BCUT2D eigenvalue weighted by Crippen LogP contribution is -2.38. The van der Waals surface area contributed by atoms with E-state index in [1.165, 1.54) is 51.4 Å². The number of nitrogens with one attached hydrogen (secondary N) is 1. The molecule has 0 aliphatic rings. The Balaban J connectivity index is 3.56. The minimum atomic E-state index is -0.739. The van der Waals surface area contributed by atoms with Crippen molar-refractivity contribution in [3.8, 4) is 0 Å². The second-order valence-electron chi connectivity index (χ2n) is 6.48. The van der Waals surface area contributed by atoms with E-state index in [0.29, 0.717) is 6.61 Å². The highest BCUT2D eigenvalue weighted by Gasteiger charge is 2.17. The number of hydrogen-bond donors (Lipinski definition) is 1. The van der Waals surface area contributed by atoms with Gasteiger partial charge in [-0.25, -0.2) is 4.79 Å². The van der Waals surface area contributed by atoms with Gasteiger partial charge in [-0.2, -0.15) is 0 Å². The van der Waals surface area contributed by atoms with Crippen molar-refractivity contribution in [2.75, 3.05) is 6.61 Å². The van der Waals surface area contributed by atoms with Crippen LogP contribution >= 0.6 is 0 Å². The Hall–Kier alpha value is -1.06. The molecule has 1 atom stereocenters.